The molecule has 0 fully saturated rings. The number of aromatic amines is 2. The van der Waals surface area contributed by atoms with Crippen molar-refractivity contribution in [1.82, 2.24) is 30.1 Å². The Morgan fingerprint density at radius 1 is 0.850 bits per heavy atom. The lowest BCUT2D eigenvalue weighted by Gasteiger charge is -2.08. The first-order chi connectivity index (χ1) is 19.6. The molecule has 5 aromatic heterocycles. The topological polar surface area (TPSA) is 92.4 Å². The predicted molar refractivity (Wildman–Crippen MR) is 153 cm³/mol. The first-order valence-corrected chi connectivity index (χ1v) is 12.8. The van der Waals surface area contributed by atoms with Crippen LogP contribution in [0.5, 0.6) is 5.75 Å². The molecule has 7 aromatic rings. The molecule has 0 aliphatic rings. The van der Waals surface area contributed by atoms with Gasteiger partial charge in [-0.1, -0.05) is 30.3 Å². The third kappa shape index (κ3) is 4.45. The molecule has 0 aliphatic heterocycles. The van der Waals surface area contributed by atoms with Crippen LogP contribution in [0.2, 0.25) is 0 Å². The van der Waals surface area contributed by atoms with E-state index in [2.05, 4.69) is 25.1 Å². The Kier molecular flexibility index (Phi) is 5.78. The Morgan fingerprint density at radius 3 is 2.62 bits per heavy atom. The van der Waals surface area contributed by atoms with Crippen molar-refractivity contribution >= 4 is 21.9 Å². The van der Waals surface area contributed by atoms with E-state index in [9.17, 15) is 4.39 Å². The zero-order chi connectivity index (χ0) is 27.1. The Bertz CT molecular complexity index is 1980. The molecule has 0 radical (unpaired) electrons. The number of fused-ring (bicyclic) bond motifs is 2. The zero-order valence-electron chi connectivity index (χ0n) is 21.5. The summed E-state index contributed by atoms with van der Waals surface area (Å²) in [6.07, 6.45) is 5.19. The van der Waals surface area contributed by atoms with Crippen LogP contribution in [0.15, 0.2) is 97.5 Å². The standard InChI is InChI=1S/C32H23FN6O/c1-19-11-21(13-23(33)12-19)30-25-15-29(36-27(25)9-10-35-30)32-31-28(38-39-32)8-7-26(37-31)22-14-24(17-34-16-22)40-18-20-5-3-2-4-6-20/h2-17,36H,18H2,1H3,(H,38,39). The van der Waals surface area contributed by atoms with E-state index in [1.807, 2.05) is 73.7 Å². The summed E-state index contributed by atoms with van der Waals surface area (Å²) in [5.41, 5.74) is 8.80. The minimum absolute atomic E-state index is 0.288. The fourth-order valence-electron chi connectivity index (χ4n) is 4.91. The van der Waals surface area contributed by atoms with Crippen LogP contribution in [0, 0.1) is 12.7 Å². The average Bonchev–Trinajstić information content (AvgIpc) is 3.60. The molecule has 2 N–H and O–H groups in total. The highest BCUT2D eigenvalue weighted by atomic mass is 19.1. The molecule has 0 aliphatic carbocycles. The van der Waals surface area contributed by atoms with Crippen LogP contribution in [0.3, 0.4) is 0 Å². The summed E-state index contributed by atoms with van der Waals surface area (Å²) in [5.74, 6) is 0.377. The van der Waals surface area contributed by atoms with Crippen LogP contribution in [0.1, 0.15) is 11.1 Å². The maximum Gasteiger partial charge on any atom is 0.138 e. The van der Waals surface area contributed by atoms with E-state index >= 15 is 0 Å². The quantitative estimate of drug-likeness (QED) is 0.238. The SMILES string of the molecule is Cc1cc(F)cc(-c2nccc3[nH]c(-c4n[nH]c5ccc(-c6cncc(OCc7ccccc7)c6)nc45)cc23)c1. The van der Waals surface area contributed by atoms with E-state index in [0.29, 0.717) is 23.7 Å². The molecule has 0 atom stereocenters. The number of hydrogen-bond acceptors (Lipinski definition) is 5. The largest absolute Gasteiger partial charge is 0.487 e. The number of H-pyrrole nitrogens is 2. The zero-order valence-corrected chi connectivity index (χ0v) is 21.5. The summed E-state index contributed by atoms with van der Waals surface area (Å²) in [4.78, 5) is 17.3. The van der Waals surface area contributed by atoms with Gasteiger partial charge in [0.2, 0.25) is 0 Å². The second-order valence-corrected chi connectivity index (χ2v) is 9.67. The number of pyridine rings is 3. The normalized spacial score (nSPS) is 11.3. The van der Waals surface area contributed by atoms with E-state index in [1.54, 1.807) is 18.6 Å². The number of hydrogen-bond donors (Lipinski definition) is 2. The summed E-state index contributed by atoms with van der Waals surface area (Å²) in [6, 6.07) is 24.7. The minimum atomic E-state index is -0.288. The Morgan fingerprint density at radius 2 is 1.75 bits per heavy atom. The van der Waals surface area contributed by atoms with Crippen LogP contribution < -0.4 is 4.74 Å². The maximum atomic E-state index is 14.2. The molecule has 7 nitrogen and oxygen atoms in total. The van der Waals surface area contributed by atoms with Gasteiger partial charge in [0.15, 0.2) is 0 Å². The van der Waals surface area contributed by atoms with Gasteiger partial charge in [-0.05, 0) is 66.6 Å². The van der Waals surface area contributed by atoms with Crippen LogP contribution in [0.4, 0.5) is 4.39 Å². The van der Waals surface area contributed by atoms with Crippen molar-refractivity contribution in [3.63, 3.8) is 0 Å². The number of halogens is 1. The van der Waals surface area contributed by atoms with Gasteiger partial charge in [0.25, 0.3) is 0 Å². The van der Waals surface area contributed by atoms with Crippen molar-refractivity contribution in [3.05, 3.63) is 114 Å². The molecule has 194 valence electrons. The summed E-state index contributed by atoms with van der Waals surface area (Å²) in [7, 11) is 0. The molecule has 0 spiro atoms. The Balaban J connectivity index is 1.25. The second-order valence-electron chi connectivity index (χ2n) is 9.67. The molecule has 40 heavy (non-hydrogen) atoms. The molecule has 0 saturated heterocycles. The van der Waals surface area contributed by atoms with Gasteiger partial charge in [-0.15, -0.1) is 0 Å². The van der Waals surface area contributed by atoms with Gasteiger partial charge in [0.1, 0.15) is 29.4 Å². The number of nitrogens with zero attached hydrogens (tertiary/aromatic N) is 4. The van der Waals surface area contributed by atoms with Crippen molar-refractivity contribution < 1.29 is 9.13 Å². The highest BCUT2D eigenvalue weighted by molar-refractivity contribution is 5.99. The van der Waals surface area contributed by atoms with Crippen LogP contribution in [-0.2, 0) is 6.61 Å². The molecular formula is C32H23FN6O. The van der Waals surface area contributed by atoms with Gasteiger partial charge < -0.3 is 9.72 Å². The number of nitrogens with one attached hydrogen (secondary N) is 2. The number of aryl methyl sites for hydroxylation is 1. The van der Waals surface area contributed by atoms with Gasteiger partial charge in [-0.2, -0.15) is 5.10 Å². The van der Waals surface area contributed by atoms with E-state index in [4.69, 9.17) is 9.72 Å². The molecule has 7 rings (SSSR count). The third-order valence-electron chi connectivity index (χ3n) is 6.78. The number of aromatic nitrogens is 6. The van der Waals surface area contributed by atoms with Crippen molar-refractivity contribution in [1.29, 1.82) is 0 Å². The van der Waals surface area contributed by atoms with Gasteiger partial charge in [-0.3, -0.25) is 15.1 Å². The second kappa shape index (κ2) is 9.74. The van der Waals surface area contributed by atoms with Gasteiger partial charge in [0.05, 0.1) is 28.8 Å². The molecule has 0 amide bonds. The van der Waals surface area contributed by atoms with Crippen molar-refractivity contribution in [2.45, 2.75) is 13.5 Å². The highest BCUT2D eigenvalue weighted by Crippen LogP contribution is 2.34. The summed E-state index contributed by atoms with van der Waals surface area (Å²) < 4.78 is 20.1. The van der Waals surface area contributed by atoms with Gasteiger partial charge >= 0.3 is 0 Å². The molecule has 0 bridgehead atoms. The lowest BCUT2D eigenvalue weighted by molar-refractivity contribution is 0.305. The Hall–Kier alpha value is -5.37. The first kappa shape index (κ1) is 23.7. The molecular weight excluding hydrogens is 503 g/mol. The van der Waals surface area contributed by atoms with Crippen LogP contribution in [0.25, 0.3) is 55.8 Å². The van der Waals surface area contributed by atoms with Crippen molar-refractivity contribution in [2.24, 2.45) is 0 Å². The highest BCUT2D eigenvalue weighted by Gasteiger charge is 2.16. The molecule has 0 unspecified atom stereocenters. The number of benzene rings is 2. The van der Waals surface area contributed by atoms with Crippen molar-refractivity contribution in [2.75, 3.05) is 0 Å². The lowest BCUT2D eigenvalue weighted by atomic mass is 10.0. The fraction of sp³-hybridized carbons (Fsp3) is 0.0625. The number of ether oxygens (including phenoxy) is 1. The van der Waals surface area contributed by atoms with E-state index in [1.165, 1.54) is 12.1 Å². The monoisotopic (exact) mass is 526 g/mol. The fourth-order valence-corrected chi connectivity index (χ4v) is 4.91. The van der Waals surface area contributed by atoms with Gasteiger partial charge in [0, 0.05) is 34.4 Å². The molecule has 0 saturated carbocycles. The van der Waals surface area contributed by atoms with E-state index in [0.717, 1.165) is 55.6 Å². The predicted octanol–water partition coefficient (Wildman–Crippen LogP) is 7.26. The minimum Gasteiger partial charge on any atom is -0.487 e. The molecule has 8 heteroatoms. The molecule has 5 heterocycles. The Labute approximate surface area is 228 Å². The summed E-state index contributed by atoms with van der Waals surface area (Å²) in [6.45, 7) is 2.33. The van der Waals surface area contributed by atoms with E-state index < -0.39 is 0 Å². The lowest BCUT2D eigenvalue weighted by Crippen LogP contribution is -1.96. The molecule has 2 aromatic carbocycles. The summed E-state index contributed by atoms with van der Waals surface area (Å²) in [5, 5.41) is 8.53. The smallest absolute Gasteiger partial charge is 0.138 e. The van der Waals surface area contributed by atoms with E-state index in [-0.39, 0.29) is 5.82 Å². The first-order valence-electron chi connectivity index (χ1n) is 12.8. The van der Waals surface area contributed by atoms with Crippen molar-refractivity contribution in [3.8, 4) is 39.7 Å². The number of rotatable bonds is 6. The van der Waals surface area contributed by atoms with Crippen LogP contribution in [-0.4, -0.2) is 30.1 Å². The summed E-state index contributed by atoms with van der Waals surface area (Å²) >= 11 is 0. The average molecular weight is 527 g/mol. The maximum absolute atomic E-state index is 14.2. The van der Waals surface area contributed by atoms with Gasteiger partial charge in [-0.25, -0.2) is 9.37 Å². The van der Waals surface area contributed by atoms with Crippen LogP contribution >= 0.6 is 0 Å². The third-order valence-corrected chi connectivity index (χ3v) is 6.78.